The predicted molar refractivity (Wildman–Crippen MR) is 79.0 cm³/mol. The average molecular weight is 279 g/mol. The maximum atomic E-state index is 5.50. The minimum Gasteiger partial charge on any atom is -0.486 e. The molecule has 2 N–H and O–H groups in total. The molecule has 0 saturated carbocycles. The van der Waals surface area contributed by atoms with Crippen molar-refractivity contribution >= 4 is 23.5 Å². The maximum absolute atomic E-state index is 5.50. The Hall–Kier alpha value is -1.82. The lowest BCUT2D eigenvalue weighted by Gasteiger charge is -2.18. The maximum Gasteiger partial charge on any atom is 0.187 e. The number of rotatable bonds is 3. The van der Waals surface area contributed by atoms with Crippen molar-refractivity contribution in [1.29, 1.82) is 0 Å². The molecule has 0 bridgehead atoms. The number of thiocarbonyl (C=S) groups is 1. The molecule has 1 aromatic carbocycles. The van der Waals surface area contributed by atoms with Crippen LogP contribution in [0.25, 0.3) is 0 Å². The number of hydrazone groups is 1. The molecule has 0 unspecified atom stereocenters. The van der Waals surface area contributed by atoms with Crippen LogP contribution in [0, 0.1) is 0 Å². The fourth-order valence-electron chi connectivity index (χ4n) is 1.60. The predicted octanol–water partition coefficient (Wildman–Crippen LogP) is 1.66. The summed E-state index contributed by atoms with van der Waals surface area (Å²) in [6.07, 6.45) is 1.69. The molecule has 1 heterocycles. The van der Waals surface area contributed by atoms with Crippen molar-refractivity contribution in [1.82, 2.24) is 10.7 Å². The molecule has 2 rings (SSSR count). The first kappa shape index (κ1) is 13.6. The quantitative estimate of drug-likeness (QED) is 0.501. The number of hydrogen-bond donors (Lipinski definition) is 2. The first-order chi connectivity index (χ1) is 9.15. The van der Waals surface area contributed by atoms with Crippen LogP contribution in [0.3, 0.4) is 0 Å². The van der Waals surface area contributed by atoms with Crippen LogP contribution >= 0.6 is 12.2 Å². The number of benzene rings is 1. The van der Waals surface area contributed by atoms with Gasteiger partial charge in [-0.05, 0) is 49.8 Å². The van der Waals surface area contributed by atoms with E-state index in [-0.39, 0.29) is 6.04 Å². The molecule has 0 amide bonds. The molecule has 19 heavy (non-hydrogen) atoms. The van der Waals surface area contributed by atoms with Crippen LogP contribution < -0.4 is 20.2 Å². The van der Waals surface area contributed by atoms with Crippen LogP contribution in [0.1, 0.15) is 19.4 Å². The SMILES string of the molecule is CC(C)NC(=S)N/N=C\c1ccc2c(c1)OCCO2. The molecule has 0 radical (unpaired) electrons. The van der Waals surface area contributed by atoms with Crippen molar-refractivity contribution in [3.8, 4) is 11.5 Å². The van der Waals surface area contributed by atoms with E-state index in [1.807, 2.05) is 32.0 Å². The van der Waals surface area contributed by atoms with Gasteiger partial charge in [-0.2, -0.15) is 5.10 Å². The summed E-state index contributed by atoms with van der Waals surface area (Å²) in [4.78, 5) is 0. The lowest BCUT2D eigenvalue weighted by Crippen LogP contribution is -2.36. The van der Waals surface area contributed by atoms with Crippen molar-refractivity contribution in [3.63, 3.8) is 0 Å². The van der Waals surface area contributed by atoms with Crippen molar-refractivity contribution in [2.24, 2.45) is 5.10 Å². The fraction of sp³-hybridized carbons (Fsp3) is 0.385. The third-order valence-electron chi connectivity index (χ3n) is 2.37. The van der Waals surface area contributed by atoms with Gasteiger partial charge in [0.15, 0.2) is 16.6 Å². The molecule has 102 valence electrons. The van der Waals surface area contributed by atoms with E-state index >= 15 is 0 Å². The monoisotopic (exact) mass is 279 g/mol. The smallest absolute Gasteiger partial charge is 0.187 e. The molecule has 0 aromatic heterocycles. The Bertz CT molecular complexity index is 489. The number of ether oxygens (including phenoxy) is 2. The molecular weight excluding hydrogens is 262 g/mol. The van der Waals surface area contributed by atoms with Gasteiger partial charge >= 0.3 is 0 Å². The highest BCUT2D eigenvalue weighted by Gasteiger charge is 2.10. The molecule has 5 nitrogen and oxygen atoms in total. The zero-order valence-electron chi connectivity index (χ0n) is 11.0. The van der Waals surface area contributed by atoms with Crippen LogP contribution in [0.4, 0.5) is 0 Å². The number of hydrogen-bond acceptors (Lipinski definition) is 4. The van der Waals surface area contributed by atoms with Crippen molar-refractivity contribution in [2.75, 3.05) is 13.2 Å². The Morgan fingerprint density at radius 2 is 2.05 bits per heavy atom. The summed E-state index contributed by atoms with van der Waals surface area (Å²) >= 11 is 5.06. The summed E-state index contributed by atoms with van der Waals surface area (Å²) in [5.41, 5.74) is 3.68. The van der Waals surface area contributed by atoms with Crippen molar-refractivity contribution in [3.05, 3.63) is 23.8 Å². The van der Waals surface area contributed by atoms with Crippen LogP contribution in [0.5, 0.6) is 11.5 Å². The lowest BCUT2D eigenvalue weighted by atomic mass is 10.2. The molecule has 6 heteroatoms. The Morgan fingerprint density at radius 3 is 2.79 bits per heavy atom. The summed E-state index contributed by atoms with van der Waals surface area (Å²) < 4.78 is 10.9. The summed E-state index contributed by atoms with van der Waals surface area (Å²) in [7, 11) is 0. The van der Waals surface area contributed by atoms with E-state index in [2.05, 4.69) is 15.8 Å². The first-order valence-electron chi connectivity index (χ1n) is 6.14. The van der Waals surface area contributed by atoms with E-state index in [0.717, 1.165) is 17.1 Å². The first-order valence-corrected chi connectivity index (χ1v) is 6.55. The van der Waals surface area contributed by atoms with Gasteiger partial charge in [0.2, 0.25) is 0 Å². The second-order valence-corrected chi connectivity index (χ2v) is 4.81. The second kappa shape index (κ2) is 6.38. The normalized spacial score (nSPS) is 13.6. The van der Waals surface area contributed by atoms with Crippen molar-refractivity contribution in [2.45, 2.75) is 19.9 Å². The van der Waals surface area contributed by atoms with E-state index in [0.29, 0.717) is 18.3 Å². The summed E-state index contributed by atoms with van der Waals surface area (Å²) in [5.74, 6) is 1.52. The van der Waals surface area contributed by atoms with Gasteiger partial charge in [0, 0.05) is 6.04 Å². The third-order valence-corrected chi connectivity index (χ3v) is 2.57. The minimum absolute atomic E-state index is 0.282. The van der Waals surface area contributed by atoms with Gasteiger partial charge in [-0.25, -0.2) is 0 Å². The molecule has 0 fully saturated rings. The Morgan fingerprint density at radius 1 is 1.32 bits per heavy atom. The molecule has 0 atom stereocenters. The zero-order valence-corrected chi connectivity index (χ0v) is 11.8. The van der Waals surface area contributed by atoms with Crippen LogP contribution in [-0.4, -0.2) is 30.6 Å². The van der Waals surface area contributed by atoms with Gasteiger partial charge in [0.25, 0.3) is 0 Å². The van der Waals surface area contributed by atoms with Gasteiger partial charge in [0.05, 0.1) is 6.21 Å². The average Bonchev–Trinajstić information content (AvgIpc) is 2.37. The van der Waals surface area contributed by atoms with Gasteiger partial charge in [0.1, 0.15) is 13.2 Å². The van der Waals surface area contributed by atoms with E-state index < -0.39 is 0 Å². The summed E-state index contributed by atoms with van der Waals surface area (Å²) in [5, 5.41) is 7.61. The highest BCUT2D eigenvalue weighted by atomic mass is 32.1. The Balaban J connectivity index is 1.94. The van der Waals surface area contributed by atoms with Crippen LogP contribution in [0.2, 0.25) is 0 Å². The summed E-state index contributed by atoms with van der Waals surface area (Å²) in [6, 6.07) is 5.96. The molecule has 0 aliphatic carbocycles. The Labute approximate surface area is 118 Å². The van der Waals surface area contributed by atoms with Crippen LogP contribution in [0.15, 0.2) is 23.3 Å². The standard InChI is InChI=1S/C13H17N3O2S/c1-9(2)15-13(19)16-14-8-10-3-4-11-12(7-10)18-6-5-17-11/h3-4,7-9H,5-6H2,1-2H3,(H2,15,16,19)/b14-8-. The van der Waals surface area contributed by atoms with Crippen molar-refractivity contribution < 1.29 is 9.47 Å². The number of nitrogens with zero attached hydrogens (tertiary/aromatic N) is 1. The van der Waals surface area contributed by atoms with E-state index in [9.17, 15) is 0 Å². The van der Waals surface area contributed by atoms with Gasteiger partial charge in [-0.1, -0.05) is 0 Å². The molecule has 0 saturated heterocycles. The molecule has 1 aliphatic heterocycles. The Kier molecular flexibility index (Phi) is 4.57. The van der Waals surface area contributed by atoms with Crippen LogP contribution in [-0.2, 0) is 0 Å². The highest BCUT2D eigenvalue weighted by molar-refractivity contribution is 7.80. The summed E-state index contributed by atoms with van der Waals surface area (Å²) in [6.45, 7) is 5.20. The van der Waals surface area contributed by atoms with E-state index in [4.69, 9.17) is 21.7 Å². The number of nitrogens with one attached hydrogen (secondary N) is 2. The largest absolute Gasteiger partial charge is 0.486 e. The molecule has 0 spiro atoms. The molecule has 1 aliphatic rings. The number of fused-ring (bicyclic) bond motifs is 1. The second-order valence-electron chi connectivity index (χ2n) is 4.40. The lowest BCUT2D eigenvalue weighted by molar-refractivity contribution is 0.171. The van der Waals surface area contributed by atoms with Gasteiger partial charge in [-0.15, -0.1) is 0 Å². The molecule has 1 aromatic rings. The topological polar surface area (TPSA) is 54.9 Å². The zero-order chi connectivity index (χ0) is 13.7. The highest BCUT2D eigenvalue weighted by Crippen LogP contribution is 2.30. The van der Waals surface area contributed by atoms with Gasteiger partial charge < -0.3 is 14.8 Å². The fourth-order valence-corrected chi connectivity index (χ4v) is 1.89. The van der Waals surface area contributed by atoms with E-state index in [1.165, 1.54) is 0 Å². The third kappa shape index (κ3) is 4.10. The van der Waals surface area contributed by atoms with E-state index in [1.54, 1.807) is 6.21 Å². The minimum atomic E-state index is 0.282. The molecular formula is C13H17N3O2S. The van der Waals surface area contributed by atoms with Gasteiger partial charge in [-0.3, -0.25) is 5.43 Å².